The standard InChI is InChI=1S/C10H4F4O2/c11-4-2-1-3-5(6(4)12)10(16)8(14)7(13)9(3)15/h1-2,15-16H. The molecule has 0 saturated heterocycles. The highest BCUT2D eigenvalue weighted by Gasteiger charge is 2.22. The molecule has 0 unspecified atom stereocenters. The SMILES string of the molecule is Oc1c(F)c(F)c(O)c2c(F)c(F)ccc12. The van der Waals surface area contributed by atoms with E-state index in [9.17, 15) is 17.6 Å². The zero-order chi connectivity index (χ0) is 12.0. The fraction of sp³-hybridized carbons (Fsp3) is 0. The highest BCUT2D eigenvalue weighted by Crippen LogP contribution is 2.39. The van der Waals surface area contributed by atoms with Crippen LogP contribution in [0.25, 0.3) is 10.8 Å². The molecule has 2 rings (SSSR count). The average molecular weight is 232 g/mol. The number of fused-ring (bicyclic) bond motifs is 1. The van der Waals surface area contributed by atoms with Crippen molar-refractivity contribution >= 4 is 10.8 Å². The lowest BCUT2D eigenvalue weighted by Gasteiger charge is -2.07. The molecule has 2 nitrogen and oxygen atoms in total. The lowest BCUT2D eigenvalue weighted by molar-refractivity contribution is 0.380. The molecule has 0 atom stereocenters. The van der Waals surface area contributed by atoms with E-state index in [4.69, 9.17) is 10.2 Å². The molecule has 16 heavy (non-hydrogen) atoms. The van der Waals surface area contributed by atoms with E-state index in [0.29, 0.717) is 6.07 Å². The van der Waals surface area contributed by atoms with Gasteiger partial charge in [0.25, 0.3) is 0 Å². The molecule has 0 bridgehead atoms. The maximum absolute atomic E-state index is 13.2. The van der Waals surface area contributed by atoms with E-state index in [1.54, 1.807) is 0 Å². The van der Waals surface area contributed by atoms with Crippen LogP contribution in [-0.4, -0.2) is 10.2 Å². The summed E-state index contributed by atoms with van der Waals surface area (Å²) in [6, 6.07) is 1.47. The summed E-state index contributed by atoms with van der Waals surface area (Å²) in [6.45, 7) is 0. The Bertz CT molecular complexity index is 595. The van der Waals surface area contributed by atoms with Gasteiger partial charge in [-0.3, -0.25) is 0 Å². The van der Waals surface area contributed by atoms with Crippen molar-refractivity contribution in [2.75, 3.05) is 0 Å². The smallest absolute Gasteiger partial charge is 0.205 e. The molecule has 84 valence electrons. The number of rotatable bonds is 0. The van der Waals surface area contributed by atoms with Gasteiger partial charge in [0.15, 0.2) is 23.1 Å². The van der Waals surface area contributed by atoms with Crippen LogP contribution in [0.1, 0.15) is 0 Å². The summed E-state index contributed by atoms with van der Waals surface area (Å²) in [5.74, 6) is -8.98. The van der Waals surface area contributed by atoms with Crippen molar-refractivity contribution in [1.29, 1.82) is 0 Å². The fourth-order valence-corrected chi connectivity index (χ4v) is 1.42. The summed E-state index contributed by atoms with van der Waals surface area (Å²) in [4.78, 5) is 0. The maximum atomic E-state index is 13.2. The van der Waals surface area contributed by atoms with Crippen molar-refractivity contribution in [2.45, 2.75) is 0 Å². The van der Waals surface area contributed by atoms with Crippen molar-refractivity contribution in [2.24, 2.45) is 0 Å². The van der Waals surface area contributed by atoms with Gasteiger partial charge in [0.1, 0.15) is 0 Å². The summed E-state index contributed by atoms with van der Waals surface area (Å²) in [5.41, 5.74) is 0. The molecule has 0 aliphatic heterocycles. The predicted molar refractivity (Wildman–Crippen MR) is 47.1 cm³/mol. The summed E-state index contributed by atoms with van der Waals surface area (Å²) >= 11 is 0. The van der Waals surface area contributed by atoms with Gasteiger partial charge in [-0.15, -0.1) is 0 Å². The van der Waals surface area contributed by atoms with Gasteiger partial charge < -0.3 is 10.2 Å². The quantitative estimate of drug-likeness (QED) is 0.541. The summed E-state index contributed by atoms with van der Waals surface area (Å²) in [6.07, 6.45) is 0. The first-order valence-corrected chi connectivity index (χ1v) is 4.11. The van der Waals surface area contributed by atoms with Crippen LogP contribution in [0, 0.1) is 23.3 Å². The van der Waals surface area contributed by atoms with E-state index < -0.39 is 45.5 Å². The van der Waals surface area contributed by atoms with Crippen LogP contribution in [0.4, 0.5) is 17.6 Å². The second-order valence-electron chi connectivity index (χ2n) is 3.11. The molecule has 0 radical (unpaired) electrons. The highest BCUT2D eigenvalue weighted by molar-refractivity contribution is 5.93. The molecule has 2 aromatic carbocycles. The Morgan fingerprint density at radius 2 is 1.31 bits per heavy atom. The minimum Gasteiger partial charge on any atom is -0.504 e. The normalized spacial score (nSPS) is 11.0. The zero-order valence-corrected chi connectivity index (χ0v) is 7.56. The first kappa shape index (κ1) is 10.5. The minimum absolute atomic E-state index is 0.504. The van der Waals surface area contributed by atoms with Crippen molar-refractivity contribution in [3.8, 4) is 11.5 Å². The van der Waals surface area contributed by atoms with E-state index in [-0.39, 0.29) is 0 Å². The van der Waals surface area contributed by atoms with Crippen LogP contribution < -0.4 is 0 Å². The molecule has 0 saturated carbocycles. The summed E-state index contributed by atoms with van der Waals surface area (Å²) in [7, 11) is 0. The number of hydrogen-bond donors (Lipinski definition) is 2. The minimum atomic E-state index is -1.82. The van der Waals surface area contributed by atoms with Crippen LogP contribution >= 0.6 is 0 Å². The summed E-state index contributed by atoms with van der Waals surface area (Å²) < 4.78 is 51.9. The predicted octanol–water partition coefficient (Wildman–Crippen LogP) is 2.81. The highest BCUT2D eigenvalue weighted by atomic mass is 19.2. The number of phenolic OH excluding ortho intramolecular Hbond substituents is 2. The van der Waals surface area contributed by atoms with Crippen LogP contribution in [0.3, 0.4) is 0 Å². The first-order chi connectivity index (χ1) is 7.45. The number of aromatic hydroxyl groups is 2. The van der Waals surface area contributed by atoms with Gasteiger partial charge in [-0.2, -0.15) is 8.78 Å². The molecular weight excluding hydrogens is 228 g/mol. The van der Waals surface area contributed by atoms with Gasteiger partial charge in [-0.1, -0.05) is 0 Å². The van der Waals surface area contributed by atoms with Crippen molar-refractivity contribution in [1.82, 2.24) is 0 Å². The topological polar surface area (TPSA) is 40.5 Å². The van der Waals surface area contributed by atoms with E-state index in [1.165, 1.54) is 0 Å². The molecule has 2 aromatic rings. The van der Waals surface area contributed by atoms with Gasteiger partial charge in [-0.05, 0) is 12.1 Å². The number of hydrogen-bond acceptors (Lipinski definition) is 2. The van der Waals surface area contributed by atoms with Crippen molar-refractivity contribution < 1.29 is 27.8 Å². The van der Waals surface area contributed by atoms with Crippen LogP contribution in [0.15, 0.2) is 12.1 Å². The van der Waals surface area contributed by atoms with Crippen LogP contribution in [0.5, 0.6) is 11.5 Å². The Morgan fingerprint density at radius 1 is 0.750 bits per heavy atom. The number of halogens is 4. The third-order valence-corrected chi connectivity index (χ3v) is 2.20. The molecule has 0 amide bonds. The lowest BCUT2D eigenvalue weighted by Crippen LogP contribution is -1.93. The first-order valence-electron chi connectivity index (χ1n) is 4.11. The van der Waals surface area contributed by atoms with Crippen LogP contribution in [0.2, 0.25) is 0 Å². The van der Waals surface area contributed by atoms with Gasteiger partial charge in [0.05, 0.1) is 5.39 Å². The second kappa shape index (κ2) is 3.26. The maximum Gasteiger partial charge on any atom is 0.205 e. The Kier molecular flexibility index (Phi) is 2.15. The number of benzene rings is 2. The van der Waals surface area contributed by atoms with Gasteiger partial charge >= 0.3 is 0 Å². The van der Waals surface area contributed by atoms with Crippen LogP contribution in [-0.2, 0) is 0 Å². The van der Waals surface area contributed by atoms with Crippen molar-refractivity contribution in [3.63, 3.8) is 0 Å². The molecule has 0 aliphatic rings. The summed E-state index contributed by atoms with van der Waals surface area (Å²) in [5, 5.41) is 16.9. The monoisotopic (exact) mass is 232 g/mol. The van der Waals surface area contributed by atoms with Crippen molar-refractivity contribution in [3.05, 3.63) is 35.4 Å². The van der Waals surface area contributed by atoms with E-state index >= 15 is 0 Å². The molecule has 6 heteroatoms. The third kappa shape index (κ3) is 1.19. The lowest BCUT2D eigenvalue weighted by atomic mass is 10.1. The fourth-order valence-electron chi connectivity index (χ4n) is 1.42. The van der Waals surface area contributed by atoms with E-state index in [1.807, 2.05) is 0 Å². The zero-order valence-electron chi connectivity index (χ0n) is 7.56. The number of phenols is 2. The van der Waals surface area contributed by atoms with E-state index in [0.717, 1.165) is 6.07 Å². The van der Waals surface area contributed by atoms with Gasteiger partial charge in [0.2, 0.25) is 11.6 Å². The average Bonchev–Trinajstić information content (AvgIpc) is 2.27. The Morgan fingerprint density at radius 3 is 1.94 bits per heavy atom. The van der Waals surface area contributed by atoms with E-state index in [2.05, 4.69) is 0 Å². The third-order valence-electron chi connectivity index (χ3n) is 2.20. The Labute approximate surface area is 86.4 Å². The molecule has 0 aromatic heterocycles. The molecule has 2 N–H and O–H groups in total. The molecule has 0 fully saturated rings. The largest absolute Gasteiger partial charge is 0.504 e. The van der Waals surface area contributed by atoms with Gasteiger partial charge in [-0.25, -0.2) is 8.78 Å². The molecule has 0 aliphatic carbocycles. The molecule has 0 spiro atoms. The molecular formula is C10H4F4O2. The molecule has 0 heterocycles. The Hall–Kier alpha value is -1.98. The second-order valence-corrected chi connectivity index (χ2v) is 3.11. The Balaban J connectivity index is 3.09. The van der Waals surface area contributed by atoms with Gasteiger partial charge in [0, 0.05) is 5.39 Å².